The van der Waals surface area contributed by atoms with Gasteiger partial charge in [0.1, 0.15) is 0 Å². The van der Waals surface area contributed by atoms with Crippen LogP contribution in [0.15, 0.2) is 17.5 Å². The van der Waals surface area contributed by atoms with E-state index in [9.17, 15) is 0 Å². The van der Waals surface area contributed by atoms with E-state index in [2.05, 4.69) is 43.6 Å². The maximum Gasteiger partial charge on any atom is 0.0143 e. The number of hydrogen-bond acceptors (Lipinski definition) is 2. The normalized spacial score (nSPS) is 14.6. The molecule has 1 aromatic rings. The number of rotatable bonds is 10. The van der Waals surface area contributed by atoms with Gasteiger partial charge in [-0.2, -0.15) is 0 Å². The molecule has 0 fully saturated rings. The SMILES string of the molecule is CCCCC(CC)C(Cc1cccs1)NCCC. The van der Waals surface area contributed by atoms with Crippen LogP contribution in [0.25, 0.3) is 0 Å². The van der Waals surface area contributed by atoms with Gasteiger partial charge < -0.3 is 5.32 Å². The molecule has 0 aliphatic heterocycles. The van der Waals surface area contributed by atoms with Crippen molar-refractivity contribution in [3.63, 3.8) is 0 Å². The number of thiophene rings is 1. The van der Waals surface area contributed by atoms with Gasteiger partial charge in [-0.1, -0.05) is 46.1 Å². The van der Waals surface area contributed by atoms with Crippen LogP contribution in [0, 0.1) is 5.92 Å². The minimum Gasteiger partial charge on any atom is -0.313 e. The van der Waals surface area contributed by atoms with Crippen molar-refractivity contribution < 1.29 is 0 Å². The summed E-state index contributed by atoms with van der Waals surface area (Å²) in [5.74, 6) is 0.832. The van der Waals surface area contributed by atoms with Crippen LogP contribution < -0.4 is 5.32 Å². The maximum absolute atomic E-state index is 3.77. The van der Waals surface area contributed by atoms with Crippen molar-refractivity contribution in [3.8, 4) is 0 Å². The molecule has 0 bridgehead atoms. The average Bonchev–Trinajstić information content (AvgIpc) is 2.89. The van der Waals surface area contributed by atoms with Crippen molar-refractivity contribution in [2.45, 2.75) is 65.3 Å². The minimum atomic E-state index is 0.667. The van der Waals surface area contributed by atoms with Crippen LogP contribution in [0.5, 0.6) is 0 Å². The van der Waals surface area contributed by atoms with Gasteiger partial charge in [0.05, 0.1) is 0 Å². The average molecular weight is 267 g/mol. The fourth-order valence-electron chi connectivity index (χ4n) is 2.54. The zero-order chi connectivity index (χ0) is 13.2. The van der Waals surface area contributed by atoms with E-state index in [1.54, 1.807) is 0 Å². The second-order valence-electron chi connectivity index (χ2n) is 5.15. The molecule has 0 aliphatic rings. The van der Waals surface area contributed by atoms with Gasteiger partial charge in [0.2, 0.25) is 0 Å². The summed E-state index contributed by atoms with van der Waals surface area (Å²) in [4.78, 5) is 1.53. The van der Waals surface area contributed by atoms with Gasteiger partial charge in [-0.25, -0.2) is 0 Å². The van der Waals surface area contributed by atoms with E-state index in [-0.39, 0.29) is 0 Å². The summed E-state index contributed by atoms with van der Waals surface area (Å²) in [6.07, 6.45) is 7.79. The summed E-state index contributed by atoms with van der Waals surface area (Å²) in [5, 5.41) is 5.97. The molecule has 1 heterocycles. The van der Waals surface area contributed by atoms with Crippen molar-refractivity contribution in [3.05, 3.63) is 22.4 Å². The van der Waals surface area contributed by atoms with E-state index < -0.39 is 0 Å². The van der Waals surface area contributed by atoms with Gasteiger partial charge >= 0.3 is 0 Å². The van der Waals surface area contributed by atoms with Gasteiger partial charge in [-0.05, 0) is 43.2 Å². The summed E-state index contributed by atoms with van der Waals surface area (Å²) in [6.45, 7) is 8.04. The molecule has 104 valence electrons. The first-order valence-corrected chi connectivity index (χ1v) is 8.45. The predicted octanol–water partition coefficient (Wildman–Crippen LogP) is 4.88. The second kappa shape index (κ2) is 9.57. The Morgan fingerprint density at radius 3 is 2.61 bits per heavy atom. The first-order valence-electron chi connectivity index (χ1n) is 7.57. The third kappa shape index (κ3) is 5.53. The molecule has 1 nitrogen and oxygen atoms in total. The lowest BCUT2D eigenvalue weighted by Gasteiger charge is -2.27. The highest BCUT2D eigenvalue weighted by molar-refractivity contribution is 7.09. The van der Waals surface area contributed by atoms with Crippen LogP contribution in [0.2, 0.25) is 0 Å². The van der Waals surface area contributed by atoms with Crippen molar-refractivity contribution in [2.75, 3.05) is 6.54 Å². The van der Waals surface area contributed by atoms with Gasteiger partial charge in [0, 0.05) is 10.9 Å². The van der Waals surface area contributed by atoms with Crippen molar-refractivity contribution >= 4 is 11.3 Å². The summed E-state index contributed by atoms with van der Waals surface area (Å²) in [6, 6.07) is 5.11. The fourth-order valence-corrected chi connectivity index (χ4v) is 3.30. The molecule has 1 N–H and O–H groups in total. The van der Waals surface area contributed by atoms with E-state index >= 15 is 0 Å². The third-order valence-corrected chi connectivity index (χ3v) is 4.58. The molecular formula is C16H29NS. The van der Waals surface area contributed by atoms with Crippen molar-refractivity contribution in [1.82, 2.24) is 5.32 Å². The van der Waals surface area contributed by atoms with Gasteiger partial charge in [-0.15, -0.1) is 11.3 Å². The lowest BCUT2D eigenvalue weighted by atomic mass is 9.89. The van der Waals surface area contributed by atoms with Crippen LogP contribution in [-0.2, 0) is 6.42 Å². The summed E-state index contributed by atoms with van der Waals surface area (Å²) in [5.41, 5.74) is 0. The van der Waals surface area contributed by atoms with Crippen LogP contribution in [0.4, 0.5) is 0 Å². The van der Waals surface area contributed by atoms with Crippen LogP contribution in [0.1, 0.15) is 57.8 Å². The third-order valence-electron chi connectivity index (χ3n) is 3.68. The Hall–Kier alpha value is -0.340. The molecule has 0 aliphatic carbocycles. The van der Waals surface area contributed by atoms with Crippen LogP contribution >= 0.6 is 11.3 Å². The van der Waals surface area contributed by atoms with Gasteiger partial charge in [0.25, 0.3) is 0 Å². The Morgan fingerprint density at radius 2 is 2.06 bits per heavy atom. The highest BCUT2D eigenvalue weighted by atomic mass is 32.1. The van der Waals surface area contributed by atoms with E-state index in [1.165, 1.54) is 43.4 Å². The molecule has 0 amide bonds. The molecule has 18 heavy (non-hydrogen) atoms. The highest BCUT2D eigenvalue weighted by Crippen LogP contribution is 2.22. The molecule has 1 rings (SSSR count). The molecule has 2 heteroatoms. The van der Waals surface area contributed by atoms with Crippen molar-refractivity contribution in [2.24, 2.45) is 5.92 Å². The van der Waals surface area contributed by atoms with E-state index in [0.29, 0.717) is 6.04 Å². The first-order chi connectivity index (χ1) is 8.81. The molecule has 0 radical (unpaired) electrons. The second-order valence-corrected chi connectivity index (χ2v) is 6.19. The first kappa shape index (κ1) is 15.7. The number of nitrogens with one attached hydrogen (secondary N) is 1. The minimum absolute atomic E-state index is 0.667. The maximum atomic E-state index is 3.77. The Balaban J connectivity index is 2.56. The summed E-state index contributed by atoms with van der Waals surface area (Å²) in [7, 11) is 0. The lowest BCUT2D eigenvalue weighted by Crippen LogP contribution is -2.38. The molecule has 0 saturated heterocycles. The molecule has 1 aromatic heterocycles. The molecule has 2 unspecified atom stereocenters. The monoisotopic (exact) mass is 267 g/mol. The zero-order valence-corrected chi connectivity index (χ0v) is 13.1. The van der Waals surface area contributed by atoms with Crippen LogP contribution in [-0.4, -0.2) is 12.6 Å². The van der Waals surface area contributed by atoms with Gasteiger partial charge in [-0.3, -0.25) is 0 Å². The highest BCUT2D eigenvalue weighted by Gasteiger charge is 2.19. The van der Waals surface area contributed by atoms with E-state index in [4.69, 9.17) is 0 Å². The topological polar surface area (TPSA) is 12.0 Å². The Kier molecular flexibility index (Phi) is 8.36. The standard InChI is InChI=1S/C16H29NS/c1-4-7-9-14(6-3)16(17-11-5-2)13-15-10-8-12-18-15/h8,10,12,14,16-17H,4-7,9,11,13H2,1-3H3. The molecular weight excluding hydrogens is 238 g/mol. The summed E-state index contributed by atoms with van der Waals surface area (Å²) >= 11 is 1.90. The number of unbranched alkanes of at least 4 members (excludes halogenated alkanes) is 1. The largest absolute Gasteiger partial charge is 0.313 e. The lowest BCUT2D eigenvalue weighted by molar-refractivity contribution is 0.317. The van der Waals surface area contributed by atoms with Crippen molar-refractivity contribution in [1.29, 1.82) is 0 Å². The van der Waals surface area contributed by atoms with E-state index in [0.717, 1.165) is 12.5 Å². The smallest absolute Gasteiger partial charge is 0.0143 e. The van der Waals surface area contributed by atoms with Gasteiger partial charge in [0.15, 0.2) is 0 Å². The Morgan fingerprint density at radius 1 is 1.22 bits per heavy atom. The Labute approximate surface area is 117 Å². The molecule has 0 saturated carbocycles. The molecule has 2 atom stereocenters. The predicted molar refractivity (Wildman–Crippen MR) is 83.4 cm³/mol. The zero-order valence-electron chi connectivity index (χ0n) is 12.2. The number of hydrogen-bond donors (Lipinski definition) is 1. The summed E-state index contributed by atoms with van der Waals surface area (Å²) < 4.78 is 0. The Bertz CT molecular complexity index is 281. The fraction of sp³-hybridized carbons (Fsp3) is 0.750. The van der Waals surface area contributed by atoms with E-state index in [1.807, 2.05) is 11.3 Å². The quantitative estimate of drug-likeness (QED) is 0.637. The molecule has 0 spiro atoms. The molecule has 0 aromatic carbocycles. The van der Waals surface area contributed by atoms with Crippen LogP contribution in [0.3, 0.4) is 0 Å².